The van der Waals surface area contributed by atoms with Crippen LogP contribution in [0, 0.1) is 0 Å². The molecule has 0 aliphatic carbocycles. The van der Waals surface area contributed by atoms with Crippen LogP contribution in [-0.2, 0) is 4.74 Å². The quantitative estimate of drug-likeness (QED) is 0.764. The molecule has 1 aliphatic rings. The van der Waals surface area contributed by atoms with Crippen molar-refractivity contribution in [2.75, 3.05) is 39.4 Å². The van der Waals surface area contributed by atoms with Gasteiger partial charge in [-0.05, 0) is 0 Å². The van der Waals surface area contributed by atoms with Crippen molar-refractivity contribution in [1.82, 2.24) is 15.4 Å². The number of nitrogens with zero attached hydrogens (tertiary/aromatic N) is 2. The first-order valence-corrected chi connectivity index (χ1v) is 5.34. The van der Waals surface area contributed by atoms with E-state index in [0.29, 0.717) is 12.1 Å². The molecule has 2 heterocycles. The van der Waals surface area contributed by atoms with E-state index in [1.165, 1.54) is 12.5 Å². The summed E-state index contributed by atoms with van der Waals surface area (Å²) in [5, 5.41) is 6.29. The Balaban J connectivity index is 1.66. The van der Waals surface area contributed by atoms with Crippen molar-refractivity contribution in [3.8, 4) is 0 Å². The molecular formula is C10H15N3O3. The van der Waals surface area contributed by atoms with Crippen molar-refractivity contribution in [2.45, 2.75) is 0 Å². The number of hydrogen-bond donors (Lipinski definition) is 1. The number of aromatic nitrogens is 1. The first-order chi connectivity index (χ1) is 7.86. The zero-order chi connectivity index (χ0) is 11.2. The highest BCUT2D eigenvalue weighted by molar-refractivity contribution is 5.93. The van der Waals surface area contributed by atoms with Crippen LogP contribution < -0.4 is 5.32 Å². The molecule has 6 nitrogen and oxygen atoms in total. The van der Waals surface area contributed by atoms with E-state index in [2.05, 4.69) is 19.9 Å². The molecule has 0 atom stereocenters. The molecule has 16 heavy (non-hydrogen) atoms. The van der Waals surface area contributed by atoms with Gasteiger partial charge in [0, 0.05) is 26.2 Å². The number of rotatable bonds is 4. The van der Waals surface area contributed by atoms with Gasteiger partial charge < -0.3 is 14.6 Å². The molecule has 1 fully saturated rings. The number of carbonyl (C=O) groups excluding carboxylic acids is 1. The van der Waals surface area contributed by atoms with Crippen LogP contribution in [0.15, 0.2) is 17.0 Å². The third kappa shape index (κ3) is 3.04. The first-order valence-electron chi connectivity index (χ1n) is 5.34. The normalized spacial score (nSPS) is 17.2. The molecule has 0 saturated carbocycles. The Morgan fingerprint density at radius 3 is 3.00 bits per heavy atom. The summed E-state index contributed by atoms with van der Waals surface area (Å²) < 4.78 is 9.83. The summed E-state index contributed by atoms with van der Waals surface area (Å²) in [5.41, 5.74) is 0.460. The second kappa shape index (κ2) is 5.62. The molecule has 0 bridgehead atoms. The minimum absolute atomic E-state index is 0.144. The highest BCUT2D eigenvalue weighted by Gasteiger charge is 2.11. The molecule has 0 spiro atoms. The van der Waals surface area contributed by atoms with E-state index in [4.69, 9.17) is 4.74 Å². The summed E-state index contributed by atoms with van der Waals surface area (Å²) >= 11 is 0. The van der Waals surface area contributed by atoms with E-state index in [1.807, 2.05) is 0 Å². The van der Waals surface area contributed by atoms with Crippen molar-refractivity contribution in [1.29, 1.82) is 0 Å². The lowest BCUT2D eigenvalue weighted by molar-refractivity contribution is 0.0383. The van der Waals surface area contributed by atoms with Crippen molar-refractivity contribution in [3.63, 3.8) is 0 Å². The highest BCUT2D eigenvalue weighted by Crippen LogP contribution is 1.97. The molecule has 88 valence electrons. The molecule has 1 aromatic heterocycles. The van der Waals surface area contributed by atoms with Crippen LogP contribution in [0.3, 0.4) is 0 Å². The average molecular weight is 225 g/mol. The third-order valence-electron chi connectivity index (χ3n) is 2.51. The van der Waals surface area contributed by atoms with E-state index in [0.717, 1.165) is 32.8 Å². The minimum Gasteiger partial charge on any atom is -0.379 e. The van der Waals surface area contributed by atoms with Crippen LogP contribution in [-0.4, -0.2) is 55.4 Å². The van der Waals surface area contributed by atoms with Crippen LogP contribution in [0.5, 0.6) is 0 Å². The maximum atomic E-state index is 11.5. The van der Waals surface area contributed by atoms with Crippen molar-refractivity contribution in [3.05, 3.63) is 18.0 Å². The van der Waals surface area contributed by atoms with Crippen LogP contribution in [0.2, 0.25) is 0 Å². The van der Waals surface area contributed by atoms with Gasteiger partial charge in [-0.2, -0.15) is 0 Å². The van der Waals surface area contributed by atoms with Crippen molar-refractivity contribution < 1.29 is 14.1 Å². The Kier molecular flexibility index (Phi) is 3.90. The maximum Gasteiger partial charge on any atom is 0.256 e. The molecule has 2 rings (SSSR count). The van der Waals surface area contributed by atoms with Gasteiger partial charge in [-0.1, -0.05) is 5.16 Å². The van der Waals surface area contributed by atoms with Crippen LogP contribution in [0.25, 0.3) is 0 Å². The smallest absolute Gasteiger partial charge is 0.256 e. The molecular weight excluding hydrogens is 210 g/mol. The van der Waals surface area contributed by atoms with Gasteiger partial charge in [-0.3, -0.25) is 9.69 Å². The van der Waals surface area contributed by atoms with E-state index < -0.39 is 0 Å². The van der Waals surface area contributed by atoms with E-state index in [9.17, 15) is 4.79 Å². The third-order valence-corrected chi connectivity index (χ3v) is 2.51. The van der Waals surface area contributed by atoms with Gasteiger partial charge in [-0.25, -0.2) is 0 Å². The number of amides is 1. The molecule has 0 aromatic carbocycles. The number of carbonyl (C=O) groups is 1. The lowest BCUT2D eigenvalue weighted by atomic mass is 10.3. The molecule has 6 heteroatoms. The van der Waals surface area contributed by atoms with Gasteiger partial charge in [-0.15, -0.1) is 0 Å². The van der Waals surface area contributed by atoms with Gasteiger partial charge in [0.2, 0.25) is 0 Å². The predicted octanol–water partition coefficient (Wildman–Crippen LogP) is -0.263. The summed E-state index contributed by atoms with van der Waals surface area (Å²) in [6.07, 6.45) is 2.74. The molecule has 1 aromatic rings. The Bertz CT molecular complexity index is 320. The van der Waals surface area contributed by atoms with Gasteiger partial charge in [0.25, 0.3) is 5.91 Å². The Morgan fingerprint density at radius 1 is 1.50 bits per heavy atom. The van der Waals surface area contributed by atoms with Gasteiger partial charge in [0.05, 0.1) is 25.0 Å². The number of morpholine rings is 1. The number of nitrogens with one attached hydrogen (secondary N) is 1. The second-order valence-electron chi connectivity index (χ2n) is 3.62. The monoisotopic (exact) mass is 225 g/mol. The second-order valence-corrected chi connectivity index (χ2v) is 3.62. The first kappa shape index (κ1) is 11.1. The largest absolute Gasteiger partial charge is 0.379 e. The summed E-state index contributed by atoms with van der Waals surface area (Å²) in [7, 11) is 0. The SMILES string of the molecule is O=C(NCCN1CCOCC1)c1cnoc1. The van der Waals surface area contributed by atoms with Crippen LogP contribution in [0.1, 0.15) is 10.4 Å². The lowest BCUT2D eigenvalue weighted by Crippen LogP contribution is -2.41. The molecule has 1 amide bonds. The minimum atomic E-state index is -0.144. The Labute approximate surface area is 93.5 Å². The number of ether oxygens (including phenoxy) is 1. The number of hydrogen-bond acceptors (Lipinski definition) is 5. The fourth-order valence-corrected chi connectivity index (χ4v) is 1.57. The molecule has 0 unspecified atom stereocenters. The average Bonchev–Trinajstić information content (AvgIpc) is 2.84. The fourth-order valence-electron chi connectivity index (χ4n) is 1.57. The van der Waals surface area contributed by atoms with Gasteiger partial charge >= 0.3 is 0 Å². The van der Waals surface area contributed by atoms with Crippen molar-refractivity contribution in [2.24, 2.45) is 0 Å². The summed E-state index contributed by atoms with van der Waals surface area (Å²) in [6, 6.07) is 0. The molecule has 1 saturated heterocycles. The molecule has 0 radical (unpaired) electrons. The summed E-state index contributed by atoms with van der Waals surface area (Å²) in [5.74, 6) is -0.144. The molecule has 1 aliphatic heterocycles. The van der Waals surface area contributed by atoms with E-state index in [1.54, 1.807) is 0 Å². The lowest BCUT2D eigenvalue weighted by Gasteiger charge is -2.26. The fraction of sp³-hybridized carbons (Fsp3) is 0.600. The van der Waals surface area contributed by atoms with Crippen LogP contribution in [0.4, 0.5) is 0 Å². The van der Waals surface area contributed by atoms with Crippen molar-refractivity contribution >= 4 is 5.91 Å². The maximum absolute atomic E-state index is 11.5. The van der Waals surface area contributed by atoms with E-state index >= 15 is 0 Å². The van der Waals surface area contributed by atoms with Crippen LogP contribution >= 0.6 is 0 Å². The standard InChI is InChI=1S/C10H15N3O3/c14-10(9-7-12-16-8-9)11-1-2-13-3-5-15-6-4-13/h7-8H,1-6H2,(H,11,14). The van der Waals surface area contributed by atoms with E-state index in [-0.39, 0.29) is 5.91 Å². The highest BCUT2D eigenvalue weighted by atomic mass is 16.5. The topological polar surface area (TPSA) is 67.6 Å². The van der Waals surface area contributed by atoms with Gasteiger partial charge in [0.1, 0.15) is 6.26 Å². The summed E-state index contributed by atoms with van der Waals surface area (Å²) in [4.78, 5) is 13.8. The predicted molar refractivity (Wildman–Crippen MR) is 56.1 cm³/mol. The summed E-state index contributed by atoms with van der Waals surface area (Å²) in [6.45, 7) is 4.90. The Hall–Kier alpha value is -1.40. The molecule has 1 N–H and O–H groups in total. The van der Waals surface area contributed by atoms with Gasteiger partial charge in [0.15, 0.2) is 0 Å². The zero-order valence-corrected chi connectivity index (χ0v) is 9.02. The zero-order valence-electron chi connectivity index (χ0n) is 9.02. The Morgan fingerprint density at radius 2 is 2.31 bits per heavy atom.